The average Bonchev–Trinajstić information content (AvgIpc) is 2.72. The molecule has 0 spiro atoms. The summed E-state index contributed by atoms with van der Waals surface area (Å²) in [4.78, 5) is 14.9. The average molecular weight is 446 g/mol. The van der Waals surface area contributed by atoms with Gasteiger partial charge in [-0.05, 0) is 56.2 Å². The molecule has 1 fully saturated rings. The molecule has 0 atom stereocenters. The van der Waals surface area contributed by atoms with Gasteiger partial charge in [0.1, 0.15) is 0 Å². The van der Waals surface area contributed by atoms with Crippen LogP contribution in [0.5, 0.6) is 0 Å². The molecule has 0 bridgehead atoms. The van der Waals surface area contributed by atoms with Crippen LogP contribution in [0.2, 0.25) is 0 Å². The van der Waals surface area contributed by atoms with E-state index in [1.807, 2.05) is 12.1 Å². The Hall–Kier alpha value is -2.26. The van der Waals surface area contributed by atoms with Crippen LogP contribution in [-0.2, 0) is 27.8 Å². The van der Waals surface area contributed by atoms with Gasteiger partial charge in [0.05, 0.1) is 18.1 Å². The Bertz CT molecular complexity index is 975. The van der Waals surface area contributed by atoms with E-state index in [0.717, 1.165) is 38.4 Å². The first-order valence-electron chi connectivity index (χ1n) is 10.4. The van der Waals surface area contributed by atoms with Crippen molar-refractivity contribution < 1.29 is 17.9 Å². The first-order chi connectivity index (χ1) is 14.6. The Balaban J connectivity index is 1.53. The van der Waals surface area contributed by atoms with E-state index >= 15 is 0 Å². The fourth-order valence-corrected chi connectivity index (χ4v) is 4.73. The number of hydrogen-bond donors (Lipinski definition) is 2. The van der Waals surface area contributed by atoms with Crippen molar-refractivity contribution in [3.63, 3.8) is 0 Å². The van der Waals surface area contributed by atoms with Crippen molar-refractivity contribution in [3.05, 3.63) is 65.2 Å². The van der Waals surface area contributed by atoms with Gasteiger partial charge < -0.3 is 10.1 Å². The lowest BCUT2D eigenvalue weighted by Crippen LogP contribution is -2.40. The predicted molar refractivity (Wildman–Crippen MR) is 120 cm³/mol. The number of rotatable bonds is 7. The van der Waals surface area contributed by atoms with E-state index < -0.39 is 15.6 Å². The third-order valence-corrected chi connectivity index (χ3v) is 6.63. The number of amides is 1. The van der Waals surface area contributed by atoms with E-state index in [1.54, 1.807) is 20.8 Å². The minimum absolute atomic E-state index is 0.134. The minimum Gasteiger partial charge on any atom is -0.379 e. The maximum Gasteiger partial charge on any atom is 0.251 e. The van der Waals surface area contributed by atoms with E-state index in [0.29, 0.717) is 12.1 Å². The van der Waals surface area contributed by atoms with Gasteiger partial charge >= 0.3 is 0 Å². The number of carbonyl (C=O) groups excluding carboxylic acids is 1. The second-order valence-corrected chi connectivity index (χ2v) is 10.4. The van der Waals surface area contributed by atoms with Crippen molar-refractivity contribution >= 4 is 15.9 Å². The molecule has 3 rings (SSSR count). The summed E-state index contributed by atoms with van der Waals surface area (Å²) >= 11 is 0. The summed E-state index contributed by atoms with van der Waals surface area (Å²) in [5, 5.41) is 2.88. The van der Waals surface area contributed by atoms with E-state index in [1.165, 1.54) is 29.8 Å². The smallest absolute Gasteiger partial charge is 0.251 e. The normalized spacial score (nSPS) is 15.6. The van der Waals surface area contributed by atoms with Crippen LogP contribution in [0.1, 0.15) is 42.3 Å². The molecular formula is C23H31N3O4S. The fourth-order valence-electron chi connectivity index (χ4n) is 3.31. The maximum absolute atomic E-state index is 12.4. The van der Waals surface area contributed by atoms with Gasteiger partial charge in [0, 0.05) is 37.3 Å². The van der Waals surface area contributed by atoms with Crippen LogP contribution in [0.15, 0.2) is 53.4 Å². The summed E-state index contributed by atoms with van der Waals surface area (Å²) in [6.07, 6.45) is 0. The minimum atomic E-state index is -3.62. The zero-order valence-corrected chi connectivity index (χ0v) is 19.2. The molecule has 1 heterocycles. The number of hydrogen-bond acceptors (Lipinski definition) is 5. The van der Waals surface area contributed by atoms with Crippen LogP contribution in [0.25, 0.3) is 0 Å². The van der Waals surface area contributed by atoms with Crippen molar-refractivity contribution in [2.24, 2.45) is 0 Å². The highest BCUT2D eigenvalue weighted by Crippen LogP contribution is 2.14. The summed E-state index contributed by atoms with van der Waals surface area (Å²) in [7, 11) is -3.62. The molecule has 31 heavy (non-hydrogen) atoms. The molecule has 1 saturated heterocycles. The Kier molecular flexibility index (Phi) is 7.48. The third kappa shape index (κ3) is 7.14. The number of carbonyl (C=O) groups is 1. The molecule has 2 aromatic carbocycles. The summed E-state index contributed by atoms with van der Waals surface area (Å²) in [6, 6.07) is 14.1. The van der Waals surface area contributed by atoms with Crippen molar-refractivity contribution in [1.29, 1.82) is 0 Å². The van der Waals surface area contributed by atoms with Crippen molar-refractivity contribution in [2.75, 3.05) is 26.3 Å². The van der Waals surface area contributed by atoms with Crippen molar-refractivity contribution in [2.45, 2.75) is 44.3 Å². The van der Waals surface area contributed by atoms with E-state index in [9.17, 15) is 13.2 Å². The molecule has 8 heteroatoms. The van der Waals surface area contributed by atoms with Crippen molar-refractivity contribution in [3.8, 4) is 0 Å². The number of benzene rings is 2. The largest absolute Gasteiger partial charge is 0.379 e. The van der Waals surface area contributed by atoms with Gasteiger partial charge in [-0.25, -0.2) is 13.1 Å². The van der Waals surface area contributed by atoms with Crippen LogP contribution < -0.4 is 10.0 Å². The molecule has 0 radical (unpaired) electrons. The topological polar surface area (TPSA) is 87.7 Å². The van der Waals surface area contributed by atoms with Gasteiger partial charge in [0.25, 0.3) is 5.91 Å². The molecular weight excluding hydrogens is 414 g/mol. The highest BCUT2D eigenvalue weighted by molar-refractivity contribution is 7.89. The van der Waals surface area contributed by atoms with Crippen LogP contribution in [0.3, 0.4) is 0 Å². The number of sulfonamides is 1. The predicted octanol–water partition coefficient (Wildman–Crippen LogP) is 2.53. The molecule has 2 aromatic rings. The summed E-state index contributed by atoms with van der Waals surface area (Å²) < 4.78 is 32.7. The quantitative estimate of drug-likeness (QED) is 0.684. The molecule has 2 N–H and O–H groups in total. The van der Waals surface area contributed by atoms with Gasteiger partial charge in [-0.15, -0.1) is 0 Å². The van der Waals surface area contributed by atoms with Crippen LogP contribution in [-0.4, -0.2) is 51.1 Å². The van der Waals surface area contributed by atoms with Gasteiger partial charge in [0.2, 0.25) is 10.0 Å². The lowest BCUT2D eigenvalue weighted by Gasteiger charge is -2.26. The van der Waals surface area contributed by atoms with E-state index in [-0.39, 0.29) is 10.8 Å². The first kappa shape index (κ1) is 23.4. The van der Waals surface area contributed by atoms with Crippen LogP contribution in [0.4, 0.5) is 0 Å². The second kappa shape index (κ2) is 9.91. The first-order valence-corrected chi connectivity index (χ1v) is 11.9. The molecule has 1 aliphatic heterocycles. The van der Waals surface area contributed by atoms with Crippen LogP contribution in [0, 0.1) is 0 Å². The molecule has 7 nitrogen and oxygen atoms in total. The molecule has 0 saturated carbocycles. The molecule has 168 valence electrons. The van der Waals surface area contributed by atoms with E-state index in [2.05, 4.69) is 27.1 Å². The Morgan fingerprint density at radius 2 is 1.55 bits per heavy atom. The SMILES string of the molecule is CC(C)(C)NS(=O)(=O)c1ccc(C(=O)NCc2ccc(CN3CCOCC3)cc2)cc1. The standard InChI is InChI=1S/C23H31N3O4S/c1-23(2,3)25-31(28,29)21-10-8-20(9-11-21)22(27)24-16-18-4-6-19(7-5-18)17-26-12-14-30-15-13-26/h4-11,25H,12-17H2,1-3H3,(H,24,27). The highest BCUT2D eigenvalue weighted by Gasteiger charge is 2.22. The third-order valence-electron chi connectivity index (χ3n) is 4.85. The Morgan fingerprint density at radius 3 is 2.13 bits per heavy atom. The second-order valence-electron chi connectivity index (χ2n) is 8.77. The lowest BCUT2D eigenvalue weighted by atomic mass is 10.1. The molecule has 1 amide bonds. The summed E-state index contributed by atoms with van der Waals surface area (Å²) in [6.45, 7) is 10.1. The number of nitrogens with one attached hydrogen (secondary N) is 2. The summed E-state index contributed by atoms with van der Waals surface area (Å²) in [5.74, 6) is -0.245. The lowest BCUT2D eigenvalue weighted by molar-refractivity contribution is 0.0342. The van der Waals surface area contributed by atoms with E-state index in [4.69, 9.17) is 4.74 Å². The fraction of sp³-hybridized carbons (Fsp3) is 0.435. The highest BCUT2D eigenvalue weighted by atomic mass is 32.2. The monoisotopic (exact) mass is 445 g/mol. The zero-order chi connectivity index (χ0) is 22.5. The van der Waals surface area contributed by atoms with Crippen LogP contribution >= 0.6 is 0 Å². The van der Waals surface area contributed by atoms with Gasteiger partial charge in [-0.1, -0.05) is 24.3 Å². The maximum atomic E-state index is 12.4. The number of ether oxygens (including phenoxy) is 1. The Morgan fingerprint density at radius 1 is 0.968 bits per heavy atom. The number of morpholine rings is 1. The molecule has 0 aromatic heterocycles. The summed E-state index contributed by atoms with van der Waals surface area (Å²) in [5.41, 5.74) is 2.08. The molecule has 0 unspecified atom stereocenters. The Labute approximate surface area is 184 Å². The van der Waals surface area contributed by atoms with Gasteiger partial charge in [0.15, 0.2) is 0 Å². The number of nitrogens with zero attached hydrogens (tertiary/aromatic N) is 1. The van der Waals surface area contributed by atoms with Crippen molar-refractivity contribution in [1.82, 2.24) is 14.9 Å². The van der Waals surface area contributed by atoms with Gasteiger partial charge in [-0.2, -0.15) is 0 Å². The molecule has 0 aliphatic carbocycles. The zero-order valence-electron chi connectivity index (χ0n) is 18.3. The van der Waals surface area contributed by atoms with Gasteiger partial charge in [-0.3, -0.25) is 9.69 Å². The molecule has 1 aliphatic rings.